The van der Waals surface area contributed by atoms with Crippen molar-refractivity contribution in [3.63, 3.8) is 0 Å². The highest BCUT2D eigenvalue weighted by molar-refractivity contribution is 6.04. The first-order valence-corrected chi connectivity index (χ1v) is 8.51. The van der Waals surface area contributed by atoms with Crippen LogP contribution in [0.15, 0.2) is 42.5 Å². The van der Waals surface area contributed by atoms with Crippen LogP contribution in [0.2, 0.25) is 0 Å². The molecular weight excluding hydrogens is 333 g/mol. The van der Waals surface area contributed by atoms with Crippen LogP contribution in [-0.2, 0) is 0 Å². The second-order valence-corrected chi connectivity index (χ2v) is 6.44. The predicted octanol–water partition coefficient (Wildman–Crippen LogP) is 3.42. The highest BCUT2D eigenvalue weighted by Gasteiger charge is 2.18. The highest BCUT2D eigenvalue weighted by Crippen LogP contribution is 2.21. The monoisotopic (exact) mass is 353 g/mol. The molecule has 1 fully saturated rings. The van der Waals surface area contributed by atoms with E-state index in [-0.39, 0.29) is 17.2 Å². The summed E-state index contributed by atoms with van der Waals surface area (Å²) in [6.45, 7) is 2.05. The average Bonchev–Trinajstić information content (AvgIpc) is 2.64. The first-order chi connectivity index (χ1) is 12.5. The Bertz CT molecular complexity index is 822. The third kappa shape index (κ3) is 4.58. The number of nitrogens with zero attached hydrogens (tertiary/aromatic N) is 2. The number of likely N-dealkylation sites (tertiary alicyclic amines) is 1. The fourth-order valence-electron chi connectivity index (χ4n) is 2.90. The zero-order valence-electron chi connectivity index (χ0n) is 14.5. The Hall–Kier alpha value is -2.91. The highest BCUT2D eigenvalue weighted by atomic mass is 19.1. The maximum atomic E-state index is 13.5. The molecule has 0 atom stereocenters. The number of ether oxygens (including phenoxy) is 1. The lowest BCUT2D eigenvalue weighted by molar-refractivity contribution is 0.102. The number of benzene rings is 2. The Balaban J connectivity index is 1.61. The summed E-state index contributed by atoms with van der Waals surface area (Å²) < 4.78 is 19.4. The first kappa shape index (κ1) is 17.9. The van der Waals surface area contributed by atoms with Gasteiger partial charge in [0.2, 0.25) is 0 Å². The first-order valence-electron chi connectivity index (χ1n) is 8.51. The number of anilines is 1. The van der Waals surface area contributed by atoms with E-state index < -0.39 is 11.7 Å². The van der Waals surface area contributed by atoms with Gasteiger partial charge in [0.1, 0.15) is 17.7 Å². The minimum absolute atomic E-state index is 0.105. The standard InChI is InChI=1S/C20H20FN3O2/c1-24-8-6-19(7-9-24)26-18-4-2-17(3-5-18)23-20(25)15-10-14(13-22)11-16(21)12-15/h2-5,10-12,19H,6-9H2,1H3,(H,23,25). The minimum atomic E-state index is -0.615. The summed E-state index contributed by atoms with van der Waals surface area (Å²) in [5.41, 5.74) is 0.790. The maximum absolute atomic E-state index is 13.5. The molecule has 5 nitrogen and oxygen atoms in total. The summed E-state index contributed by atoms with van der Waals surface area (Å²) in [7, 11) is 2.10. The van der Waals surface area contributed by atoms with Crippen LogP contribution in [0.5, 0.6) is 5.75 Å². The van der Waals surface area contributed by atoms with E-state index in [4.69, 9.17) is 10.00 Å². The van der Waals surface area contributed by atoms with Crippen LogP contribution >= 0.6 is 0 Å². The van der Waals surface area contributed by atoms with Crippen molar-refractivity contribution >= 4 is 11.6 Å². The van der Waals surface area contributed by atoms with Crippen molar-refractivity contribution in [3.8, 4) is 11.8 Å². The van der Waals surface area contributed by atoms with Gasteiger partial charge in [0.15, 0.2) is 0 Å². The molecule has 26 heavy (non-hydrogen) atoms. The number of piperidine rings is 1. The lowest BCUT2D eigenvalue weighted by Crippen LogP contribution is -2.35. The van der Waals surface area contributed by atoms with Crippen molar-refractivity contribution in [1.29, 1.82) is 5.26 Å². The van der Waals surface area contributed by atoms with E-state index in [0.717, 1.165) is 43.8 Å². The van der Waals surface area contributed by atoms with Gasteiger partial charge in [0.25, 0.3) is 5.91 Å². The maximum Gasteiger partial charge on any atom is 0.255 e. The number of nitrogens with one attached hydrogen (secondary N) is 1. The number of nitriles is 1. The molecule has 1 N–H and O–H groups in total. The number of amides is 1. The van der Waals surface area contributed by atoms with Gasteiger partial charge < -0.3 is 15.0 Å². The Morgan fingerprint density at radius 1 is 1.23 bits per heavy atom. The smallest absolute Gasteiger partial charge is 0.255 e. The van der Waals surface area contributed by atoms with Gasteiger partial charge in [-0.05, 0) is 62.4 Å². The molecule has 6 heteroatoms. The average molecular weight is 353 g/mol. The van der Waals surface area contributed by atoms with Crippen LogP contribution < -0.4 is 10.1 Å². The molecule has 1 aliphatic rings. The van der Waals surface area contributed by atoms with E-state index in [1.54, 1.807) is 24.3 Å². The van der Waals surface area contributed by atoms with Gasteiger partial charge in [-0.1, -0.05) is 0 Å². The molecule has 0 unspecified atom stereocenters. The molecule has 3 rings (SSSR count). The van der Waals surface area contributed by atoms with Crippen LogP contribution in [0.3, 0.4) is 0 Å². The second kappa shape index (κ2) is 7.98. The lowest BCUT2D eigenvalue weighted by Gasteiger charge is -2.29. The zero-order chi connectivity index (χ0) is 18.5. The molecular formula is C20H20FN3O2. The number of rotatable bonds is 4. The summed E-state index contributed by atoms with van der Waals surface area (Å²) in [6.07, 6.45) is 2.20. The van der Waals surface area contributed by atoms with Gasteiger partial charge in [-0.2, -0.15) is 5.26 Å². The summed E-state index contributed by atoms with van der Waals surface area (Å²) in [6, 6.07) is 12.5. The van der Waals surface area contributed by atoms with E-state index in [2.05, 4.69) is 17.3 Å². The molecule has 2 aromatic rings. The number of halogens is 1. The normalized spacial score (nSPS) is 15.3. The van der Waals surface area contributed by atoms with Crippen LogP contribution in [0.25, 0.3) is 0 Å². The molecule has 1 amide bonds. The Morgan fingerprint density at radius 3 is 2.58 bits per heavy atom. The van der Waals surface area contributed by atoms with Gasteiger partial charge in [-0.3, -0.25) is 4.79 Å². The Kier molecular flexibility index (Phi) is 5.49. The molecule has 0 aliphatic carbocycles. The lowest BCUT2D eigenvalue weighted by atomic mass is 10.1. The molecule has 0 radical (unpaired) electrons. The van der Waals surface area contributed by atoms with Crippen LogP contribution in [-0.4, -0.2) is 37.0 Å². The second-order valence-electron chi connectivity index (χ2n) is 6.44. The summed E-state index contributed by atoms with van der Waals surface area (Å²) in [5.74, 6) is -0.323. The van der Waals surface area contributed by atoms with E-state index in [0.29, 0.717) is 5.69 Å². The topological polar surface area (TPSA) is 65.4 Å². The number of carbonyl (C=O) groups excluding carboxylic acids is 1. The summed E-state index contributed by atoms with van der Waals surface area (Å²) >= 11 is 0. The van der Waals surface area contributed by atoms with Gasteiger partial charge >= 0.3 is 0 Å². The number of hydrogen-bond acceptors (Lipinski definition) is 4. The largest absolute Gasteiger partial charge is 0.490 e. The van der Waals surface area contributed by atoms with Crippen molar-refractivity contribution in [2.24, 2.45) is 0 Å². The van der Waals surface area contributed by atoms with Gasteiger partial charge in [0.05, 0.1) is 11.6 Å². The fourth-order valence-corrected chi connectivity index (χ4v) is 2.90. The van der Waals surface area contributed by atoms with E-state index >= 15 is 0 Å². The number of hydrogen-bond donors (Lipinski definition) is 1. The van der Waals surface area contributed by atoms with Crippen molar-refractivity contribution < 1.29 is 13.9 Å². The van der Waals surface area contributed by atoms with E-state index in [1.165, 1.54) is 6.07 Å². The van der Waals surface area contributed by atoms with Crippen molar-refractivity contribution in [2.45, 2.75) is 18.9 Å². The molecule has 2 aromatic carbocycles. The van der Waals surface area contributed by atoms with Crippen molar-refractivity contribution in [1.82, 2.24) is 4.90 Å². The van der Waals surface area contributed by atoms with E-state index in [1.807, 2.05) is 6.07 Å². The molecule has 1 aliphatic heterocycles. The molecule has 0 saturated carbocycles. The van der Waals surface area contributed by atoms with Crippen LogP contribution in [0.1, 0.15) is 28.8 Å². The van der Waals surface area contributed by atoms with Crippen molar-refractivity contribution in [2.75, 3.05) is 25.5 Å². The molecule has 0 aromatic heterocycles. The van der Waals surface area contributed by atoms with Gasteiger partial charge in [-0.25, -0.2) is 4.39 Å². The Labute approximate surface area is 152 Å². The van der Waals surface area contributed by atoms with Crippen molar-refractivity contribution in [3.05, 3.63) is 59.4 Å². The molecule has 1 heterocycles. The third-order valence-electron chi connectivity index (χ3n) is 4.37. The molecule has 0 spiro atoms. The Morgan fingerprint density at radius 2 is 1.92 bits per heavy atom. The predicted molar refractivity (Wildman–Crippen MR) is 96.7 cm³/mol. The molecule has 0 bridgehead atoms. The molecule has 134 valence electrons. The third-order valence-corrected chi connectivity index (χ3v) is 4.37. The number of carbonyl (C=O) groups is 1. The quantitative estimate of drug-likeness (QED) is 0.915. The zero-order valence-corrected chi connectivity index (χ0v) is 14.5. The van der Waals surface area contributed by atoms with E-state index in [9.17, 15) is 9.18 Å². The SMILES string of the molecule is CN1CCC(Oc2ccc(NC(=O)c3cc(F)cc(C#N)c3)cc2)CC1. The van der Waals surface area contributed by atoms with Gasteiger partial charge in [-0.15, -0.1) is 0 Å². The van der Waals surface area contributed by atoms with Crippen LogP contribution in [0, 0.1) is 17.1 Å². The van der Waals surface area contributed by atoms with Gasteiger partial charge in [0, 0.05) is 24.3 Å². The summed E-state index contributed by atoms with van der Waals surface area (Å²) in [4.78, 5) is 14.5. The minimum Gasteiger partial charge on any atom is -0.490 e. The molecule has 1 saturated heterocycles. The fraction of sp³-hybridized carbons (Fsp3) is 0.300. The van der Waals surface area contributed by atoms with Crippen LogP contribution in [0.4, 0.5) is 10.1 Å². The summed E-state index contributed by atoms with van der Waals surface area (Å²) in [5, 5.41) is 11.6.